The van der Waals surface area contributed by atoms with Crippen LogP contribution in [0.3, 0.4) is 0 Å². The summed E-state index contributed by atoms with van der Waals surface area (Å²) in [5.41, 5.74) is 5.54. The predicted octanol–water partition coefficient (Wildman–Crippen LogP) is 3.06. The number of ether oxygens (including phenoxy) is 1. The third-order valence-electron chi connectivity index (χ3n) is 3.47. The standard InChI is InChI=1S/C16H15F4N3O3/c1-7-11(13(24)12(21)8(2)22-7)14(25)23-9-3-5-10(6-4-9)26-16(19,20)15(17)18/h3-6,15H,21H2,1-2H3,(H,22,24)(H,23,25). The molecule has 0 radical (unpaired) electrons. The maximum atomic E-state index is 12.8. The summed E-state index contributed by atoms with van der Waals surface area (Å²) in [7, 11) is 0. The summed E-state index contributed by atoms with van der Waals surface area (Å²) in [6.07, 6.45) is -8.61. The Morgan fingerprint density at radius 2 is 1.77 bits per heavy atom. The van der Waals surface area contributed by atoms with Gasteiger partial charge in [0, 0.05) is 17.1 Å². The quantitative estimate of drug-likeness (QED) is 0.702. The van der Waals surface area contributed by atoms with Crippen molar-refractivity contribution < 1.29 is 27.1 Å². The van der Waals surface area contributed by atoms with Crippen molar-refractivity contribution >= 4 is 17.3 Å². The molecule has 26 heavy (non-hydrogen) atoms. The molecule has 1 aromatic heterocycles. The molecule has 0 unspecified atom stereocenters. The van der Waals surface area contributed by atoms with Crippen LogP contribution in [0.2, 0.25) is 0 Å². The number of pyridine rings is 1. The van der Waals surface area contributed by atoms with Crippen LogP contribution in [0.5, 0.6) is 5.75 Å². The first-order valence-corrected chi connectivity index (χ1v) is 7.28. The summed E-state index contributed by atoms with van der Waals surface area (Å²) < 4.78 is 53.8. The van der Waals surface area contributed by atoms with Gasteiger partial charge in [0.05, 0.1) is 5.69 Å². The van der Waals surface area contributed by atoms with Gasteiger partial charge in [-0.3, -0.25) is 9.59 Å². The monoisotopic (exact) mass is 373 g/mol. The number of nitrogens with two attached hydrogens (primary N) is 1. The molecule has 6 nitrogen and oxygen atoms in total. The molecule has 1 aromatic carbocycles. The summed E-state index contributed by atoms with van der Waals surface area (Å²) in [6.45, 7) is 3.10. The molecule has 1 heterocycles. The lowest BCUT2D eigenvalue weighted by Crippen LogP contribution is -2.33. The molecule has 0 saturated carbocycles. The number of aromatic nitrogens is 1. The highest BCUT2D eigenvalue weighted by Crippen LogP contribution is 2.28. The molecule has 0 saturated heterocycles. The van der Waals surface area contributed by atoms with E-state index < -0.39 is 29.6 Å². The molecular weight excluding hydrogens is 358 g/mol. The molecule has 4 N–H and O–H groups in total. The van der Waals surface area contributed by atoms with Crippen molar-refractivity contribution in [3.05, 3.63) is 51.4 Å². The van der Waals surface area contributed by atoms with E-state index in [1.54, 1.807) is 6.92 Å². The third kappa shape index (κ3) is 3.95. The maximum Gasteiger partial charge on any atom is 0.461 e. The van der Waals surface area contributed by atoms with Crippen molar-refractivity contribution in [2.24, 2.45) is 0 Å². The second-order valence-electron chi connectivity index (χ2n) is 5.44. The highest BCUT2D eigenvalue weighted by Gasteiger charge is 2.43. The first kappa shape index (κ1) is 19.3. The van der Waals surface area contributed by atoms with E-state index in [-0.39, 0.29) is 16.9 Å². The summed E-state index contributed by atoms with van der Waals surface area (Å²) in [6, 6.07) is 4.28. The number of carbonyl (C=O) groups is 1. The number of hydrogen-bond donors (Lipinski definition) is 3. The number of halogens is 4. The Morgan fingerprint density at radius 3 is 2.31 bits per heavy atom. The number of aryl methyl sites for hydroxylation is 2. The molecule has 0 aliphatic rings. The Bertz CT molecular complexity index is 880. The van der Waals surface area contributed by atoms with Crippen LogP contribution in [0.1, 0.15) is 21.7 Å². The first-order chi connectivity index (χ1) is 12.0. The van der Waals surface area contributed by atoms with Gasteiger partial charge in [-0.2, -0.15) is 17.6 Å². The number of rotatable bonds is 5. The van der Waals surface area contributed by atoms with E-state index in [0.717, 1.165) is 24.3 Å². The van der Waals surface area contributed by atoms with Crippen LogP contribution >= 0.6 is 0 Å². The summed E-state index contributed by atoms with van der Waals surface area (Å²) in [5, 5.41) is 2.39. The Morgan fingerprint density at radius 1 is 1.19 bits per heavy atom. The van der Waals surface area contributed by atoms with Gasteiger partial charge in [-0.15, -0.1) is 0 Å². The summed E-state index contributed by atoms with van der Waals surface area (Å²) >= 11 is 0. The second kappa shape index (κ2) is 7.06. The zero-order valence-electron chi connectivity index (χ0n) is 13.7. The molecule has 2 aromatic rings. The Hall–Kier alpha value is -3.04. The van der Waals surface area contributed by atoms with Gasteiger partial charge >= 0.3 is 12.5 Å². The maximum absolute atomic E-state index is 12.8. The van der Waals surface area contributed by atoms with Crippen LogP contribution < -0.4 is 21.2 Å². The number of anilines is 2. The molecule has 140 valence electrons. The fraction of sp³-hybridized carbons (Fsp3) is 0.250. The first-order valence-electron chi connectivity index (χ1n) is 7.28. The van der Waals surface area contributed by atoms with Crippen molar-refractivity contribution in [2.75, 3.05) is 11.1 Å². The molecule has 0 bridgehead atoms. The fourth-order valence-electron chi connectivity index (χ4n) is 2.16. The molecule has 0 aliphatic carbocycles. The molecule has 2 rings (SSSR count). The van der Waals surface area contributed by atoms with E-state index in [1.807, 2.05) is 0 Å². The van der Waals surface area contributed by atoms with E-state index >= 15 is 0 Å². The largest absolute Gasteiger partial charge is 0.461 e. The minimum Gasteiger partial charge on any atom is -0.428 e. The highest BCUT2D eigenvalue weighted by molar-refractivity contribution is 6.05. The lowest BCUT2D eigenvalue weighted by molar-refractivity contribution is -0.253. The molecule has 1 amide bonds. The van der Waals surface area contributed by atoms with Crippen LogP contribution in [0, 0.1) is 13.8 Å². The van der Waals surface area contributed by atoms with Crippen molar-refractivity contribution in [3.63, 3.8) is 0 Å². The number of benzene rings is 1. The highest BCUT2D eigenvalue weighted by atomic mass is 19.3. The van der Waals surface area contributed by atoms with E-state index in [2.05, 4.69) is 15.0 Å². The van der Waals surface area contributed by atoms with Gasteiger partial charge in [0.1, 0.15) is 11.3 Å². The Kier molecular flexibility index (Phi) is 5.24. The smallest absolute Gasteiger partial charge is 0.428 e. The number of H-pyrrole nitrogens is 1. The molecule has 0 fully saturated rings. The average molecular weight is 373 g/mol. The van der Waals surface area contributed by atoms with Gasteiger partial charge in [-0.25, -0.2) is 0 Å². The van der Waals surface area contributed by atoms with Crippen LogP contribution in [-0.4, -0.2) is 23.4 Å². The number of amides is 1. The molecule has 0 aliphatic heterocycles. The van der Waals surface area contributed by atoms with Gasteiger partial charge < -0.3 is 20.8 Å². The molecule has 0 spiro atoms. The van der Waals surface area contributed by atoms with E-state index in [4.69, 9.17) is 5.73 Å². The van der Waals surface area contributed by atoms with Crippen molar-refractivity contribution in [1.82, 2.24) is 4.98 Å². The predicted molar refractivity (Wildman–Crippen MR) is 86.9 cm³/mol. The van der Waals surface area contributed by atoms with Crippen LogP contribution in [0.4, 0.5) is 28.9 Å². The van der Waals surface area contributed by atoms with Gasteiger partial charge in [0.2, 0.25) is 5.43 Å². The zero-order chi connectivity index (χ0) is 19.6. The van der Waals surface area contributed by atoms with Gasteiger partial charge in [-0.05, 0) is 38.1 Å². The van der Waals surface area contributed by atoms with Crippen LogP contribution in [0.15, 0.2) is 29.1 Å². The van der Waals surface area contributed by atoms with Crippen molar-refractivity contribution in [2.45, 2.75) is 26.4 Å². The molecule has 0 atom stereocenters. The van der Waals surface area contributed by atoms with Gasteiger partial charge in [-0.1, -0.05) is 0 Å². The van der Waals surface area contributed by atoms with Gasteiger partial charge in [0.25, 0.3) is 5.91 Å². The zero-order valence-corrected chi connectivity index (χ0v) is 13.7. The summed E-state index contributed by atoms with van der Waals surface area (Å²) in [4.78, 5) is 27.2. The molecule has 10 heteroatoms. The van der Waals surface area contributed by atoms with Crippen molar-refractivity contribution in [1.29, 1.82) is 0 Å². The SMILES string of the molecule is Cc1[nH]c(C)c(C(=O)Nc2ccc(OC(F)(F)C(F)F)cc2)c(=O)c1N. The Balaban J connectivity index is 2.19. The lowest BCUT2D eigenvalue weighted by Gasteiger charge is -2.17. The molecular formula is C16H15F4N3O3. The third-order valence-corrected chi connectivity index (χ3v) is 3.47. The number of nitrogens with one attached hydrogen (secondary N) is 2. The number of hydrogen-bond acceptors (Lipinski definition) is 4. The van der Waals surface area contributed by atoms with Crippen LogP contribution in [0.25, 0.3) is 0 Å². The topological polar surface area (TPSA) is 97.2 Å². The van der Waals surface area contributed by atoms with E-state index in [1.165, 1.54) is 6.92 Å². The fourth-order valence-corrected chi connectivity index (χ4v) is 2.16. The second-order valence-corrected chi connectivity index (χ2v) is 5.44. The van der Waals surface area contributed by atoms with Crippen molar-refractivity contribution in [3.8, 4) is 5.75 Å². The number of carbonyl (C=O) groups excluding carboxylic acids is 1. The van der Waals surface area contributed by atoms with Gasteiger partial charge in [0.15, 0.2) is 0 Å². The van der Waals surface area contributed by atoms with E-state index in [9.17, 15) is 27.2 Å². The number of nitrogen functional groups attached to an aromatic ring is 1. The summed E-state index contributed by atoms with van der Waals surface area (Å²) in [5.74, 6) is -1.27. The number of aromatic amines is 1. The Labute approximate surface area is 145 Å². The number of alkyl halides is 4. The normalized spacial score (nSPS) is 11.5. The van der Waals surface area contributed by atoms with Crippen LogP contribution in [-0.2, 0) is 0 Å². The minimum absolute atomic E-state index is 0.0984. The lowest BCUT2D eigenvalue weighted by atomic mass is 10.1. The van der Waals surface area contributed by atoms with E-state index in [0.29, 0.717) is 11.4 Å². The average Bonchev–Trinajstić information content (AvgIpc) is 2.54. The minimum atomic E-state index is -4.63.